The summed E-state index contributed by atoms with van der Waals surface area (Å²) in [6.07, 6.45) is 3.02. The lowest BCUT2D eigenvalue weighted by atomic mass is 10.1. The summed E-state index contributed by atoms with van der Waals surface area (Å²) in [6.45, 7) is 5.74. The van der Waals surface area contributed by atoms with Crippen molar-refractivity contribution in [1.82, 2.24) is 14.7 Å². The average Bonchev–Trinajstić information content (AvgIpc) is 2.66. The van der Waals surface area contributed by atoms with Crippen LogP contribution in [0.15, 0.2) is 0 Å². The molecule has 1 fully saturated rings. The molecular formula is C17H33N3O6. The number of hydrogen-bond acceptors (Lipinski definition) is 7. The standard InChI is InChI=1S/C17H33N3O6/c1-2-3-4-15(13-26-14-21)20-9-7-18(11-16(22)23)5-6-19(8-10-20)12-17(24)25/h15,21H,2-14H2,1H3,(H,22,23)(H,24,25). The Labute approximate surface area is 155 Å². The van der Waals surface area contributed by atoms with Crippen LogP contribution in [0.1, 0.15) is 26.2 Å². The highest BCUT2D eigenvalue weighted by Crippen LogP contribution is 2.12. The average molecular weight is 375 g/mol. The van der Waals surface area contributed by atoms with Gasteiger partial charge in [0.05, 0.1) is 19.7 Å². The summed E-state index contributed by atoms with van der Waals surface area (Å²) in [5.74, 6) is -1.77. The van der Waals surface area contributed by atoms with Crippen molar-refractivity contribution in [3.05, 3.63) is 0 Å². The molecule has 0 aromatic heterocycles. The molecule has 1 heterocycles. The topological polar surface area (TPSA) is 114 Å². The first-order valence-electron chi connectivity index (χ1n) is 9.27. The van der Waals surface area contributed by atoms with Crippen molar-refractivity contribution >= 4 is 11.9 Å². The van der Waals surface area contributed by atoms with Crippen LogP contribution in [-0.2, 0) is 14.3 Å². The van der Waals surface area contributed by atoms with Crippen molar-refractivity contribution in [2.24, 2.45) is 0 Å². The predicted molar refractivity (Wildman–Crippen MR) is 96.1 cm³/mol. The van der Waals surface area contributed by atoms with Gasteiger partial charge in [-0.25, -0.2) is 0 Å². The smallest absolute Gasteiger partial charge is 0.317 e. The molecule has 1 atom stereocenters. The summed E-state index contributed by atoms with van der Waals surface area (Å²) in [5.41, 5.74) is 0. The van der Waals surface area contributed by atoms with Gasteiger partial charge in [0.15, 0.2) is 0 Å². The van der Waals surface area contributed by atoms with Gasteiger partial charge < -0.3 is 20.1 Å². The molecule has 0 radical (unpaired) electrons. The minimum absolute atomic E-state index is 0.0540. The molecule has 1 aliphatic rings. The minimum atomic E-state index is -0.883. The van der Waals surface area contributed by atoms with E-state index in [2.05, 4.69) is 11.8 Å². The van der Waals surface area contributed by atoms with Gasteiger partial charge in [-0.3, -0.25) is 24.3 Å². The summed E-state index contributed by atoms with van der Waals surface area (Å²) >= 11 is 0. The molecule has 0 spiro atoms. The Hall–Kier alpha value is -1.26. The fourth-order valence-corrected chi connectivity index (χ4v) is 3.22. The van der Waals surface area contributed by atoms with Gasteiger partial charge in [-0.1, -0.05) is 19.8 Å². The minimum Gasteiger partial charge on any atom is -0.480 e. The zero-order valence-corrected chi connectivity index (χ0v) is 15.7. The van der Waals surface area contributed by atoms with Gasteiger partial charge in [0.2, 0.25) is 0 Å². The van der Waals surface area contributed by atoms with E-state index in [4.69, 9.17) is 20.1 Å². The van der Waals surface area contributed by atoms with Crippen LogP contribution in [0, 0.1) is 0 Å². The number of hydrogen-bond donors (Lipinski definition) is 3. The lowest BCUT2D eigenvalue weighted by Crippen LogP contribution is -2.45. The molecule has 0 amide bonds. The molecule has 0 aromatic rings. The number of nitrogens with zero attached hydrogens (tertiary/aromatic N) is 3. The lowest BCUT2D eigenvalue weighted by molar-refractivity contribution is -0.140. The molecule has 0 bridgehead atoms. The summed E-state index contributed by atoms with van der Waals surface area (Å²) in [6, 6.07) is 0.124. The second kappa shape index (κ2) is 13.0. The number of aliphatic carboxylic acids is 2. The van der Waals surface area contributed by atoms with Crippen molar-refractivity contribution in [2.45, 2.75) is 32.2 Å². The number of carbonyl (C=O) groups is 2. The highest BCUT2D eigenvalue weighted by molar-refractivity contribution is 5.69. The van der Waals surface area contributed by atoms with E-state index in [0.717, 1.165) is 19.3 Å². The second-order valence-corrected chi connectivity index (χ2v) is 6.67. The van der Waals surface area contributed by atoms with Crippen molar-refractivity contribution in [3.8, 4) is 0 Å². The number of rotatable bonds is 11. The third-order valence-electron chi connectivity index (χ3n) is 4.67. The van der Waals surface area contributed by atoms with Gasteiger partial charge in [-0.2, -0.15) is 0 Å². The maximum atomic E-state index is 11.1. The first kappa shape index (κ1) is 22.8. The molecule has 1 unspecified atom stereocenters. The van der Waals surface area contributed by atoms with E-state index in [1.165, 1.54) is 0 Å². The third kappa shape index (κ3) is 9.44. The molecule has 1 aliphatic heterocycles. The monoisotopic (exact) mass is 375 g/mol. The van der Waals surface area contributed by atoms with Crippen molar-refractivity contribution in [2.75, 3.05) is 65.8 Å². The van der Waals surface area contributed by atoms with Crippen molar-refractivity contribution in [1.29, 1.82) is 0 Å². The molecule has 1 rings (SSSR count). The zero-order chi connectivity index (χ0) is 19.4. The Bertz CT molecular complexity index is 387. The predicted octanol–water partition coefficient (Wildman–Crippen LogP) is -0.400. The van der Waals surface area contributed by atoms with Gasteiger partial charge in [-0.15, -0.1) is 0 Å². The van der Waals surface area contributed by atoms with Gasteiger partial charge in [-0.05, 0) is 6.42 Å². The zero-order valence-electron chi connectivity index (χ0n) is 15.7. The molecule has 1 saturated heterocycles. The Morgan fingerprint density at radius 1 is 0.962 bits per heavy atom. The Morgan fingerprint density at radius 3 is 1.88 bits per heavy atom. The summed E-state index contributed by atoms with van der Waals surface area (Å²) in [7, 11) is 0. The number of unbranched alkanes of at least 4 members (excludes halogenated alkanes) is 1. The molecule has 3 N–H and O–H groups in total. The summed E-state index contributed by atoms with van der Waals surface area (Å²) < 4.78 is 5.23. The third-order valence-corrected chi connectivity index (χ3v) is 4.67. The van der Waals surface area contributed by atoms with Gasteiger partial charge >= 0.3 is 11.9 Å². The molecule has 26 heavy (non-hydrogen) atoms. The van der Waals surface area contributed by atoms with E-state index >= 15 is 0 Å². The van der Waals surface area contributed by atoms with E-state index in [9.17, 15) is 9.59 Å². The van der Waals surface area contributed by atoms with E-state index in [1.54, 1.807) is 0 Å². The number of carboxylic acids is 2. The molecule has 9 heteroatoms. The Balaban J connectivity index is 2.82. The van der Waals surface area contributed by atoms with Crippen molar-refractivity contribution < 1.29 is 29.6 Å². The lowest BCUT2D eigenvalue weighted by Gasteiger charge is -2.33. The van der Waals surface area contributed by atoms with Crippen LogP contribution in [0.25, 0.3) is 0 Å². The molecule has 0 saturated carbocycles. The molecule has 0 aliphatic carbocycles. The van der Waals surface area contributed by atoms with Crippen LogP contribution in [0.3, 0.4) is 0 Å². The van der Waals surface area contributed by atoms with Gasteiger partial charge in [0, 0.05) is 45.3 Å². The molecule has 9 nitrogen and oxygen atoms in total. The highest BCUT2D eigenvalue weighted by atomic mass is 16.6. The van der Waals surface area contributed by atoms with Crippen LogP contribution < -0.4 is 0 Å². The fraction of sp³-hybridized carbons (Fsp3) is 0.882. The fourth-order valence-electron chi connectivity index (χ4n) is 3.22. The van der Waals surface area contributed by atoms with Crippen LogP contribution in [0.5, 0.6) is 0 Å². The van der Waals surface area contributed by atoms with Crippen LogP contribution in [-0.4, -0.2) is 114 Å². The van der Waals surface area contributed by atoms with Crippen LogP contribution in [0.2, 0.25) is 0 Å². The van der Waals surface area contributed by atoms with E-state index in [-0.39, 0.29) is 25.9 Å². The highest BCUT2D eigenvalue weighted by Gasteiger charge is 2.23. The maximum Gasteiger partial charge on any atom is 0.317 e. The van der Waals surface area contributed by atoms with E-state index in [0.29, 0.717) is 45.9 Å². The van der Waals surface area contributed by atoms with Gasteiger partial charge in [0.1, 0.15) is 6.79 Å². The first-order valence-corrected chi connectivity index (χ1v) is 9.27. The summed E-state index contributed by atoms with van der Waals surface area (Å²) in [4.78, 5) is 28.1. The normalized spacial score (nSPS) is 19.5. The maximum absolute atomic E-state index is 11.1. The number of carboxylic acid groups (broad SMARTS) is 2. The summed E-state index contributed by atoms with van der Waals surface area (Å²) in [5, 5.41) is 27.2. The number of ether oxygens (including phenoxy) is 1. The Kier molecular flexibility index (Phi) is 11.4. The quantitative estimate of drug-likeness (QED) is 0.415. The SMILES string of the molecule is CCCCC(COCO)N1CCN(CC(=O)O)CCN(CC(=O)O)CC1. The first-order chi connectivity index (χ1) is 12.5. The van der Waals surface area contributed by atoms with Crippen molar-refractivity contribution in [3.63, 3.8) is 0 Å². The van der Waals surface area contributed by atoms with Gasteiger partial charge in [0.25, 0.3) is 0 Å². The Morgan fingerprint density at radius 2 is 1.46 bits per heavy atom. The number of aliphatic hydroxyl groups is 1. The van der Waals surface area contributed by atoms with E-state index in [1.807, 2.05) is 9.80 Å². The number of aliphatic hydroxyl groups excluding tert-OH is 1. The van der Waals surface area contributed by atoms with Crippen LogP contribution in [0.4, 0.5) is 0 Å². The van der Waals surface area contributed by atoms with E-state index < -0.39 is 11.9 Å². The van der Waals surface area contributed by atoms with Crippen LogP contribution >= 0.6 is 0 Å². The molecule has 152 valence electrons. The largest absolute Gasteiger partial charge is 0.480 e. The second-order valence-electron chi connectivity index (χ2n) is 6.67. The molecule has 0 aromatic carbocycles. The molecular weight excluding hydrogens is 342 g/mol.